The number of hydrogen-bond acceptors (Lipinski definition) is 6. The minimum atomic E-state index is -0.138. The lowest BCUT2D eigenvalue weighted by Crippen LogP contribution is -2.42. The smallest absolute Gasteiger partial charge is 0.280 e. The van der Waals surface area contributed by atoms with Gasteiger partial charge in [-0.15, -0.1) is 11.3 Å². The van der Waals surface area contributed by atoms with Crippen molar-refractivity contribution in [2.75, 3.05) is 6.54 Å². The van der Waals surface area contributed by atoms with Crippen LogP contribution >= 0.6 is 23.1 Å². The first kappa shape index (κ1) is 19.2. The third kappa shape index (κ3) is 3.57. The van der Waals surface area contributed by atoms with E-state index in [9.17, 15) is 10.1 Å². The van der Waals surface area contributed by atoms with Gasteiger partial charge in [0.05, 0.1) is 17.0 Å². The molecule has 150 valence electrons. The summed E-state index contributed by atoms with van der Waals surface area (Å²) < 4.78 is 0. The van der Waals surface area contributed by atoms with Crippen LogP contribution in [0.5, 0.6) is 0 Å². The van der Waals surface area contributed by atoms with Crippen LogP contribution < -0.4 is 5.32 Å². The highest BCUT2D eigenvalue weighted by molar-refractivity contribution is 7.99. The van der Waals surface area contributed by atoms with Crippen LogP contribution in [0.3, 0.4) is 0 Å². The lowest BCUT2D eigenvalue weighted by molar-refractivity contribution is 0.0929. The van der Waals surface area contributed by atoms with E-state index >= 15 is 0 Å². The Morgan fingerprint density at radius 2 is 1.97 bits per heavy atom. The summed E-state index contributed by atoms with van der Waals surface area (Å²) in [7, 11) is 0. The van der Waals surface area contributed by atoms with Crippen LogP contribution in [0.25, 0.3) is 10.4 Å². The zero-order valence-corrected chi connectivity index (χ0v) is 17.8. The van der Waals surface area contributed by atoms with Gasteiger partial charge in [-0.05, 0) is 37.0 Å². The molecule has 2 unspecified atom stereocenters. The molecule has 7 heteroatoms. The lowest BCUT2D eigenvalue weighted by Gasteiger charge is -2.21. The second-order valence-corrected chi connectivity index (χ2v) is 9.74. The number of nitrogens with one attached hydrogen (secondary N) is 1. The Bertz CT molecular complexity index is 1110. The number of nitriles is 1. The van der Waals surface area contributed by atoms with Crippen molar-refractivity contribution >= 4 is 29.0 Å². The highest BCUT2D eigenvalue weighted by atomic mass is 32.2. The number of fused-ring (bicyclic) bond motifs is 2. The molecule has 2 heterocycles. The number of rotatable bonds is 5. The van der Waals surface area contributed by atoms with Gasteiger partial charge in [0, 0.05) is 28.1 Å². The minimum Gasteiger partial charge on any atom is -0.345 e. The van der Waals surface area contributed by atoms with Crippen molar-refractivity contribution in [1.82, 2.24) is 15.2 Å². The van der Waals surface area contributed by atoms with Crippen molar-refractivity contribution in [3.8, 4) is 16.6 Å². The number of amides is 1. The van der Waals surface area contributed by atoms with Crippen LogP contribution in [-0.4, -0.2) is 34.4 Å². The summed E-state index contributed by atoms with van der Waals surface area (Å²) in [6, 6.07) is 18.6. The average molecular weight is 433 g/mol. The summed E-state index contributed by atoms with van der Waals surface area (Å²) in [5.74, 6) is 0.224. The number of benzene rings is 2. The Morgan fingerprint density at radius 1 is 1.17 bits per heavy atom. The molecule has 0 radical (unpaired) electrons. The van der Waals surface area contributed by atoms with Crippen molar-refractivity contribution in [3.63, 3.8) is 0 Å². The summed E-state index contributed by atoms with van der Waals surface area (Å²) >= 11 is 3.12. The van der Waals surface area contributed by atoms with E-state index in [2.05, 4.69) is 40.8 Å². The van der Waals surface area contributed by atoms with Crippen molar-refractivity contribution in [2.45, 2.75) is 34.7 Å². The van der Waals surface area contributed by atoms with E-state index < -0.39 is 0 Å². The van der Waals surface area contributed by atoms with Crippen LogP contribution in [0.2, 0.25) is 0 Å². The predicted octanol–water partition coefficient (Wildman–Crippen LogP) is 4.63. The summed E-state index contributed by atoms with van der Waals surface area (Å²) in [4.78, 5) is 22.4. The molecular weight excluding hydrogens is 412 g/mol. The molecule has 2 aromatic carbocycles. The van der Waals surface area contributed by atoms with E-state index in [4.69, 9.17) is 0 Å². The predicted molar refractivity (Wildman–Crippen MR) is 118 cm³/mol. The maximum Gasteiger partial charge on any atom is 0.280 e. The number of piperidine rings is 1. The lowest BCUT2D eigenvalue weighted by atomic mass is 10.1. The van der Waals surface area contributed by atoms with Crippen LogP contribution in [0, 0.1) is 17.4 Å². The van der Waals surface area contributed by atoms with Gasteiger partial charge in [-0.1, -0.05) is 48.2 Å². The number of nitrogens with zero attached hydrogens (tertiary/aromatic N) is 3. The summed E-state index contributed by atoms with van der Waals surface area (Å²) in [6.45, 7) is 0.749. The van der Waals surface area contributed by atoms with Gasteiger partial charge in [-0.25, -0.2) is 4.98 Å². The normalized spacial score (nSPS) is 22.1. The number of likely N-dealkylation sites (tertiary alicyclic amines) is 1. The van der Waals surface area contributed by atoms with E-state index in [1.165, 1.54) is 16.2 Å². The highest BCUT2D eigenvalue weighted by Gasteiger charge is 2.47. The molecule has 1 saturated heterocycles. The van der Waals surface area contributed by atoms with Gasteiger partial charge >= 0.3 is 0 Å². The molecule has 2 bridgehead atoms. The van der Waals surface area contributed by atoms with Gasteiger partial charge in [0.25, 0.3) is 5.91 Å². The van der Waals surface area contributed by atoms with Gasteiger partial charge < -0.3 is 10.2 Å². The standard InChI is InChI=1S/C23H20N4OS2/c24-14-27-13-15-10-11-18(27)21(15)26-22(28)23-25-12-20(30-23)17-8-4-5-9-19(17)29-16-6-2-1-3-7-16/h1-9,12,15,18,21H,10-11,13H2,(H,26,28)/t15?,18?,21-/m1/s1. The molecule has 5 rings (SSSR count). The van der Waals surface area contributed by atoms with Gasteiger partial charge in [-0.3, -0.25) is 4.79 Å². The molecule has 1 aliphatic carbocycles. The van der Waals surface area contributed by atoms with Gasteiger partial charge in [0.2, 0.25) is 0 Å². The van der Waals surface area contributed by atoms with E-state index in [0.717, 1.165) is 34.7 Å². The molecule has 0 spiro atoms. The fraction of sp³-hybridized carbons (Fsp3) is 0.261. The Hall–Kier alpha value is -2.82. The molecule has 1 amide bonds. The second-order valence-electron chi connectivity index (χ2n) is 7.60. The maximum atomic E-state index is 12.9. The molecule has 5 nitrogen and oxygen atoms in total. The second kappa shape index (κ2) is 8.13. The van der Waals surface area contributed by atoms with Crippen molar-refractivity contribution in [3.05, 3.63) is 65.8 Å². The number of hydrogen-bond donors (Lipinski definition) is 1. The van der Waals surface area contributed by atoms with Gasteiger partial charge in [0.1, 0.15) is 0 Å². The van der Waals surface area contributed by atoms with E-state index in [1.807, 2.05) is 35.2 Å². The third-order valence-electron chi connectivity index (χ3n) is 5.84. The van der Waals surface area contributed by atoms with E-state index in [1.54, 1.807) is 18.0 Å². The topological polar surface area (TPSA) is 69.0 Å². The first-order chi connectivity index (χ1) is 14.7. The highest BCUT2D eigenvalue weighted by Crippen LogP contribution is 2.39. The molecule has 3 atom stereocenters. The summed E-state index contributed by atoms with van der Waals surface area (Å²) in [5.41, 5.74) is 1.08. The first-order valence-electron chi connectivity index (χ1n) is 9.98. The molecule has 2 aliphatic rings. The Morgan fingerprint density at radius 3 is 2.77 bits per heavy atom. The zero-order chi connectivity index (χ0) is 20.5. The van der Waals surface area contributed by atoms with Crippen molar-refractivity contribution < 1.29 is 4.79 Å². The average Bonchev–Trinajstić information content (AvgIpc) is 3.50. The zero-order valence-electron chi connectivity index (χ0n) is 16.2. The van der Waals surface area contributed by atoms with Gasteiger partial charge in [0.15, 0.2) is 11.2 Å². The molecule has 3 aromatic rings. The van der Waals surface area contributed by atoms with E-state index in [0.29, 0.717) is 10.9 Å². The maximum absolute atomic E-state index is 12.9. The quantitative estimate of drug-likeness (QED) is 0.595. The number of carbonyl (C=O) groups excluding carboxylic acids is 1. The van der Waals surface area contributed by atoms with E-state index in [-0.39, 0.29) is 18.0 Å². The molecule has 1 saturated carbocycles. The molecule has 30 heavy (non-hydrogen) atoms. The molecule has 1 aliphatic heterocycles. The monoisotopic (exact) mass is 432 g/mol. The van der Waals surface area contributed by atoms with Gasteiger partial charge in [-0.2, -0.15) is 5.26 Å². The SMILES string of the molecule is N#CN1CC2CCC1[C@@H]2NC(=O)c1ncc(-c2ccccc2Sc2ccccc2)s1. The Labute approximate surface area is 183 Å². The summed E-state index contributed by atoms with van der Waals surface area (Å²) in [5, 5.41) is 12.9. The number of thiazole rings is 1. The van der Waals surface area contributed by atoms with Crippen LogP contribution in [0.4, 0.5) is 0 Å². The summed E-state index contributed by atoms with van der Waals surface area (Å²) in [6.07, 6.45) is 6.08. The minimum absolute atomic E-state index is 0.0467. The Balaban J connectivity index is 1.34. The molecule has 1 N–H and O–H groups in total. The van der Waals surface area contributed by atoms with Crippen LogP contribution in [0.1, 0.15) is 22.6 Å². The van der Waals surface area contributed by atoms with Crippen molar-refractivity contribution in [1.29, 1.82) is 5.26 Å². The van der Waals surface area contributed by atoms with Crippen molar-refractivity contribution in [2.24, 2.45) is 5.92 Å². The van der Waals surface area contributed by atoms with Crippen LogP contribution in [-0.2, 0) is 0 Å². The molecular formula is C23H20N4OS2. The Kier molecular flexibility index (Phi) is 5.19. The number of carbonyl (C=O) groups is 1. The fourth-order valence-electron chi connectivity index (χ4n) is 4.42. The molecule has 2 fully saturated rings. The third-order valence-corrected chi connectivity index (χ3v) is 7.95. The fourth-order valence-corrected chi connectivity index (χ4v) is 6.33. The van der Waals surface area contributed by atoms with Crippen LogP contribution in [0.15, 0.2) is 70.6 Å². The largest absolute Gasteiger partial charge is 0.345 e. The molecule has 1 aromatic heterocycles. The first-order valence-corrected chi connectivity index (χ1v) is 11.6. The number of aromatic nitrogens is 1.